The van der Waals surface area contributed by atoms with E-state index in [0.717, 1.165) is 22.8 Å². The smallest absolute Gasteiger partial charge is 0.0426 e. The summed E-state index contributed by atoms with van der Waals surface area (Å²) >= 11 is 11.3. The van der Waals surface area contributed by atoms with Crippen LogP contribution < -0.4 is 5.32 Å². The largest absolute Gasteiger partial charge is 0.381 e. The van der Waals surface area contributed by atoms with Crippen molar-refractivity contribution >= 4 is 28.9 Å². The Morgan fingerprint density at radius 3 is 2.92 bits per heavy atom. The number of rotatable bonds is 3. The normalized spacial score (nSPS) is 11.5. The Morgan fingerprint density at radius 2 is 2.31 bits per heavy atom. The molecule has 0 amide bonds. The van der Waals surface area contributed by atoms with Gasteiger partial charge in [-0.1, -0.05) is 29.3 Å². The van der Waals surface area contributed by atoms with Gasteiger partial charge in [0.15, 0.2) is 0 Å². The van der Waals surface area contributed by atoms with E-state index in [-0.39, 0.29) is 0 Å². The minimum absolute atomic E-state index is 0.734. The summed E-state index contributed by atoms with van der Waals surface area (Å²) in [5.41, 5.74) is 3.66. The van der Waals surface area contributed by atoms with Gasteiger partial charge in [0.25, 0.3) is 0 Å². The van der Waals surface area contributed by atoms with Crippen LogP contribution in [0.4, 0.5) is 5.69 Å². The second-order valence-corrected chi connectivity index (χ2v) is 3.47. The number of hydrogen-bond acceptors (Lipinski definition) is 1. The lowest BCUT2D eigenvalue weighted by atomic mass is 10.3. The fraction of sp³-hybridized carbons (Fsp3) is 0.200. The van der Waals surface area contributed by atoms with E-state index in [9.17, 15) is 0 Å². The summed E-state index contributed by atoms with van der Waals surface area (Å²) in [5.74, 6) is 0. The molecule has 0 aromatic heterocycles. The summed E-state index contributed by atoms with van der Waals surface area (Å²) in [6.07, 6.45) is 0. The molecule has 0 atom stereocenters. The number of benzene rings is 1. The second kappa shape index (κ2) is 5.15. The van der Waals surface area contributed by atoms with Gasteiger partial charge in [-0.15, -0.1) is 0 Å². The molecule has 0 radical (unpaired) electrons. The number of hydrogen-bond donors (Lipinski definition) is 1. The van der Waals surface area contributed by atoms with Crippen LogP contribution >= 0.6 is 23.2 Å². The Morgan fingerprint density at radius 1 is 1.54 bits per heavy atom. The molecule has 1 N–H and O–H groups in total. The van der Waals surface area contributed by atoms with E-state index in [1.54, 1.807) is 5.54 Å². The molecule has 0 aliphatic carbocycles. The molecule has 70 valence electrons. The summed E-state index contributed by atoms with van der Waals surface area (Å²) in [6, 6.07) is 7.60. The second-order valence-electron chi connectivity index (χ2n) is 2.82. The zero-order valence-corrected chi connectivity index (χ0v) is 8.86. The zero-order chi connectivity index (χ0) is 9.68. The SMILES string of the molecule is C/C(=C/Cl)CNc1cccc(Cl)c1. The van der Waals surface area contributed by atoms with Crippen molar-refractivity contribution in [3.05, 3.63) is 40.4 Å². The maximum absolute atomic E-state index is 5.81. The van der Waals surface area contributed by atoms with Gasteiger partial charge in [-0.05, 0) is 30.7 Å². The average molecular weight is 216 g/mol. The molecule has 0 saturated heterocycles. The molecule has 1 rings (SSSR count). The van der Waals surface area contributed by atoms with Gasteiger partial charge in [-0.2, -0.15) is 0 Å². The monoisotopic (exact) mass is 215 g/mol. The van der Waals surface area contributed by atoms with Crippen molar-refractivity contribution < 1.29 is 0 Å². The Labute approximate surface area is 88.4 Å². The van der Waals surface area contributed by atoms with Crippen LogP contribution in [-0.2, 0) is 0 Å². The summed E-state index contributed by atoms with van der Waals surface area (Å²) in [4.78, 5) is 0. The first-order valence-corrected chi connectivity index (χ1v) is 4.79. The third-order valence-corrected chi connectivity index (χ3v) is 2.19. The Hall–Kier alpha value is -0.660. The molecule has 0 spiro atoms. The van der Waals surface area contributed by atoms with Crippen LogP contribution in [0.25, 0.3) is 0 Å². The quantitative estimate of drug-likeness (QED) is 0.807. The van der Waals surface area contributed by atoms with E-state index in [2.05, 4.69) is 5.32 Å². The van der Waals surface area contributed by atoms with E-state index in [0.29, 0.717) is 0 Å². The molecule has 0 fully saturated rings. The first-order chi connectivity index (χ1) is 6.22. The first kappa shape index (κ1) is 10.4. The highest BCUT2D eigenvalue weighted by atomic mass is 35.5. The fourth-order valence-corrected chi connectivity index (χ4v) is 1.15. The molecule has 13 heavy (non-hydrogen) atoms. The van der Waals surface area contributed by atoms with Crippen molar-refractivity contribution in [2.75, 3.05) is 11.9 Å². The summed E-state index contributed by atoms with van der Waals surface area (Å²) in [6.45, 7) is 2.70. The van der Waals surface area contributed by atoms with Crippen LogP contribution in [0.15, 0.2) is 35.4 Å². The molecule has 0 heterocycles. The number of nitrogens with one attached hydrogen (secondary N) is 1. The molecule has 0 saturated carbocycles. The fourth-order valence-electron chi connectivity index (χ4n) is 0.878. The highest BCUT2D eigenvalue weighted by molar-refractivity contribution is 6.30. The van der Waals surface area contributed by atoms with Crippen LogP contribution in [0.3, 0.4) is 0 Å². The van der Waals surface area contributed by atoms with Gasteiger partial charge in [0, 0.05) is 22.8 Å². The van der Waals surface area contributed by atoms with E-state index >= 15 is 0 Å². The van der Waals surface area contributed by atoms with Gasteiger partial charge < -0.3 is 5.32 Å². The Balaban J connectivity index is 2.55. The van der Waals surface area contributed by atoms with Crippen molar-refractivity contribution in [3.8, 4) is 0 Å². The maximum Gasteiger partial charge on any atom is 0.0426 e. The average Bonchev–Trinajstić information content (AvgIpc) is 2.14. The maximum atomic E-state index is 5.81. The van der Waals surface area contributed by atoms with Crippen LogP contribution in [0, 0.1) is 0 Å². The number of anilines is 1. The van der Waals surface area contributed by atoms with Crippen molar-refractivity contribution in [2.45, 2.75) is 6.92 Å². The topological polar surface area (TPSA) is 12.0 Å². The minimum Gasteiger partial charge on any atom is -0.381 e. The molecule has 0 aliphatic rings. The van der Waals surface area contributed by atoms with Gasteiger partial charge in [0.05, 0.1) is 0 Å². The van der Waals surface area contributed by atoms with Crippen molar-refractivity contribution in [1.29, 1.82) is 0 Å². The summed E-state index contributed by atoms with van der Waals surface area (Å²) in [7, 11) is 0. The highest BCUT2D eigenvalue weighted by Gasteiger charge is 1.92. The van der Waals surface area contributed by atoms with Crippen LogP contribution in [0.5, 0.6) is 0 Å². The van der Waals surface area contributed by atoms with Crippen molar-refractivity contribution in [1.82, 2.24) is 0 Å². The molecule has 0 bridgehead atoms. The molecule has 0 aliphatic heterocycles. The summed E-state index contributed by atoms with van der Waals surface area (Å²) < 4.78 is 0. The lowest BCUT2D eigenvalue weighted by Gasteiger charge is -2.05. The van der Waals surface area contributed by atoms with Gasteiger partial charge in [-0.3, -0.25) is 0 Å². The first-order valence-electron chi connectivity index (χ1n) is 3.97. The standard InChI is InChI=1S/C10H11Cl2N/c1-8(6-11)7-13-10-4-2-3-9(12)5-10/h2-6,13H,7H2,1H3/b8-6-. The molecule has 3 heteroatoms. The van der Waals surface area contributed by atoms with Crippen molar-refractivity contribution in [3.63, 3.8) is 0 Å². The van der Waals surface area contributed by atoms with Crippen molar-refractivity contribution in [2.24, 2.45) is 0 Å². The van der Waals surface area contributed by atoms with Gasteiger partial charge in [-0.25, -0.2) is 0 Å². The predicted molar refractivity (Wildman–Crippen MR) is 59.6 cm³/mol. The lowest BCUT2D eigenvalue weighted by molar-refractivity contribution is 1.21. The van der Waals surface area contributed by atoms with E-state index in [4.69, 9.17) is 23.2 Å². The van der Waals surface area contributed by atoms with E-state index in [1.807, 2.05) is 31.2 Å². The highest BCUT2D eigenvalue weighted by Crippen LogP contribution is 2.15. The minimum atomic E-state index is 0.734. The number of halogens is 2. The van der Waals surface area contributed by atoms with Gasteiger partial charge in [0.1, 0.15) is 0 Å². The van der Waals surface area contributed by atoms with Crippen LogP contribution in [0.2, 0.25) is 5.02 Å². The zero-order valence-electron chi connectivity index (χ0n) is 7.35. The van der Waals surface area contributed by atoms with Gasteiger partial charge >= 0.3 is 0 Å². The molecule has 1 aromatic rings. The lowest BCUT2D eigenvalue weighted by Crippen LogP contribution is -2.01. The molecule has 0 unspecified atom stereocenters. The molecular weight excluding hydrogens is 205 g/mol. The third kappa shape index (κ3) is 3.71. The predicted octanol–water partition coefficient (Wildman–Crippen LogP) is 3.89. The van der Waals surface area contributed by atoms with E-state index in [1.165, 1.54) is 0 Å². The van der Waals surface area contributed by atoms with Gasteiger partial charge in [0.2, 0.25) is 0 Å². The molecule has 1 aromatic carbocycles. The van der Waals surface area contributed by atoms with Crippen LogP contribution in [-0.4, -0.2) is 6.54 Å². The molecular formula is C10H11Cl2N. The Bertz CT molecular complexity index is 308. The van der Waals surface area contributed by atoms with Crippen LogP contribution in [0.1, 0.15) is 6.92 Å². The summed E-state index contributed by atoms with van der Waals surface area (Å²) in [5, 5.41) is 3.93. The molecule has 1 nitrogen and oxygen atoms in total. The van der Waals surface area contributed by atoms with E-state index < -0.39 is 0 Å². The Kier molecular flexibility index (Phi) is 4.13. The third-order valence-electron chi connectivity index (χ3n) is 1.58.